The number of hydrogen-bond donors (Lipinski definition) is 0. The smallest absolute Gasteiger partial charge is 0.281 e. The molecule has 0 atom stereocenters. The summed E-state index contributed by atoms with van der Waals surface area (Å²) in [5.41, 5.74) is 1.19. The van der Waals surface area contributed by atoms with Crippen molar-refractivity contribution in [3.8, 4) is 5.75 Å². The third-order valence-corrected chi connectivity index (χ3v) is 5.10. The van der Waals surface area contributed by atoms with Crippen LogP contribution in [0, 0.1) is 0 Å². The minimum absolute atomic E-state index is 0.284. The summed E-state index contributed by atoms with van der Waals surface area (Å²) in [6.45, 7) is 2.50. The van der Waals surface area contributed by atoms with E-state index in [-0.39, 0.29) is 5.56 Å². The predicted octanol–water partition coefficient (Wildman–Crippen LogP) is 4.69. The number of aryl methyl sites for hydroxylation is 1. The molecule has 0 unspecified atom stereocenters. The fourth-order valence-corrected chi connectivity index (χ4v) is 3.76. The summed E-state index contributed by atoms with van der Waals surface area (Å²) >= 11 is 13.4. The van der Waals surface area contributed by atoms with Crippen molar-refractivity contribution in [2.45, 2.75) is 6.92 Å². The van der Waals surface area contributed by atoms with Gasteiger partial charge in [-0.25, -0.2) is 0 Å². The number of halogens is 2. The van der Waals surface area contributed by atoms with Crippen LogP contribution in [0.2, 0.25) is 10.0 Å². The number of amides is 1. The first-order valence-electron chi connectivity index (χ1n) is 7.26. The molecule has 1 heterocycles. The Morgan fingerprint density at radius 3 is 2.83 bits per heavy atom. The molecule has 3 aromatic rings. The molecule has 0 saturated heterocycles. The summed E-state index contributed by atoms with van der Waals surface area (Å²) in [6, 6.07) is 10.5. The van der Waals surface area contributed by atoms with Crippen LogP contribution < -0.4 is 9.54 Å². The van der Waals surface area contributed by atoms with Gasteiger partial charge in [0.05, 0.1) is 21.9 Å². The van der Waals surface area contributed by atoms with Crippen LogP contribution in [0.15, 0.2) is 41.4 Å². The lowest BCUT2D eigenvalue weighted by Crippen LogP contribution is -2.14. The largest absolute Gasteiger partial charge is 0.492 e. The van der Waals surface area contributed by atoms with Crippen molar-refractivity contribution in [1.82, 2.24) is 4.57 Å². The lowest BCUT2D eigenvalue weighted by atomic mass is 10.2. The van der Waals surface area contributed by atoms with Gasteiger partial charge in [-0.3, -0.25) is 4.79 Å². The Kier molecular flexibility index (Phi) is 4.94. The van der Waals surface area contributed by atoms with E-state index in [1.165, 1.54) is 17.4 Å². The van der Waals surface area contributed by atoms with Crippen molar-refractivity contribution in [3.05, 3.63) is 56.8 Å². The molecule has 0 fully saturated rings. The second kappa shape index (κ2) is 6.97. The maximum Gasteiger partial charge on any atom is 0.281 e. The molecule has 0 spiro atoms. The Bertz CT molecular complexity index is 992. The van der Waals surface area contributed by atoms with Crippen molar-refractivity contribution >= 4 is 50.7 Å². The highest BCUT2D eigenvalue weighted by molar-refractivity contribution is 7.16. The Balaban J connectivity index is 2.14. The highest BCUT2D eigenvalue weighted by Gasteiger charge is 2.13. The predicted molar refractivity (Wildman–Crippen MR) is 98.3 cm³/mol. The zero-order chi connectivity index (χ0) is 17.3. The molecule has 24 heavy (non-hydrogen) atoms. The highest BCUT2D eigenvalue weighted by Crippen LogP contribution is 2.27. The van der Waals surface area contributed by atoms with Gasteiger partial charge in [0.1, 0.15) is 11.3 Å². The van der Waals surface area contributed by atoms with Crippen molar-refractivity contribution in [2.75, 3.05) is 6.61 Å². The minimum Gasteiger partial charge on any atom is -0.492 e. The number of para-hydroxylation sites is 1. The summed E-state index contributed by atoms with van der Waals surface area (Å²) in [7, 11) is 1.85. The molecule has 0 aliphatic heterocycles. The van der Waals surface area contributed by atoms with Gasteiger partial charge < -0.3 is 9.30 Å². The molecule has 2 aromatic carbocycles. The zero-order valence-corrected chi connectivity index (χ0v) is 15.4. The van der Waals surface area contributed by atoms with Crippen molar-refractivity contribution in [2.24, 2.45) is 12.0 Å². The fraction of sp³-hybridized carbons (Fsp3) is 0.176. The van der Waals surface area contributed by atoms with Gasteiger partial charge >= 0.3 is 0 Å². The quantitative estimate of drug-likeness (QED) is 0.661. The van der Waals surface area contributed by atoms with E-state index in [4.69, 9.17) is 27.9 Å². The maximum absolute atomic E-state index is 12.5. The number of benzene rings is 2. The van der Waals surface area contributed by atoms with Gasteiger partial charge in [0, 0.05) is 12.1 Å². The summed E-state index contributed by atoms with van der Waals surface area (Å²) in [4.78, 5) is 17.3. The van der Waals surface area contributed by atoms with Crippen LogP contribution in [0.5, 0.6) is 5.75 Å². The molecule has 124 valence electrons. The Morgan fingerprint density at radius 1 is 1.29 bits per heavy atom. The van der Waals surface area contributed by atoms with Crippen LogP contribution in [0.4, 0.5) is 0 Å². The van der Waals surface area contributed by atoms with Crippen LogP contribution >= 0.6 is 34.5 Å². The number of aromatic nitrogens is 1. The number of hydrogen-bond acceptors (Lipinski definition) is 3. The lowest BCUT2D eigenvalue weighted by Gasteiger charge is -2.05. The molecule has 0 radical (unpaired) electrons. The van der Waals surface area contributed by atoms with E-state index in [1.807, 2.05) is 36.7 Å². The standard InChI is InChI=1S/C17H14Cl2N2O2S/c1-3-23-13-5-4-6-14-15(13)21(2)17(24-14)20-16(22)11-9-10(18)7-8-12(11)19/h4-9H,3H2,1-2H3. The van der Waals surface area contributed by atoms with Crippen molar-refractivity contribution in [1.29, 1.82) is 0 Å². The SMILES string of the molecule is CCOc1cccc2sc(=NC(=O)c3cc(Cl)ccc3Cl)n(C)c12. The minimum atomic E-state index is -0.428. The molecule has 3 rings (SSSR count). The topological polar surface area (TPSA) is 43.6 Å². The normalized spacial score (nSPS) is 11.9. The Hall–Kier alpha value is -1.82. The number of carbonyl (C=O) groups is 1. The molecule has 0 N–H and O–H groups in total. The first-order valence-corrected chi connectivity index (χ1v) is 8.84. The molecule has 0 aliphatic carbocycles. The third kappa shape index (κ3) is 3.20. The van der Waals surface area contributed by atoms with Gasteiger partial charge in [-0.05, 0) is 37.3 Å². The summed E-state index contributed by atoms with van der Waals surface area (Å²) in [6.07, 6.45) is 0. The van der Waals surface area contributed by atoms with E-state index in [0.717, 1.165) is 16.0 Å². The molecule has 4 nitrogen and oxygen atoms in total. The van der Waals surface area contributed by atoms with E-state index < -0.39 is 5.91 Å². The summed E-state index contributed by atoms with van der Waals surface area (Å²) in [5, 5.41) is 0.768. The number of fused-ring (bicyclic) bond motifs is 1. The summed E-state index contributed by atoms with van der Waals surface area (Å²) in [5.74, 6) is 0.339. The second-order valence-corrected chi connectivity index (χ2v) is 6.87. The summed E-state index contributed by atoms with van der Waals surface area (Å²) < 4.78 is 8.50. The number of carbonyl (C=O) groups excluding carboxylic acids is 1. The molecule has 1 amide bonds. The van der Waals surface area contributed by atoms with E-state index in [0.29, 0.717) is 21.5 Å². The molecule has 0 saturated carbocycles. The van der Waals surface area contributed by atoms with Gasteiger partial charge in [-0.1, -0.05) is 40.6 Å². The number of ether oxygens (including phenoxy) is 1. The third-order valence-electron chi connectivity index (χ3n) is 3.44. The highest BCUT2D eigenvalue weighted by atomic mass is 35.5. The number of rotatable bonds is 3. The van der Waals surface area contributed by atoms with Gasteiger partial charge in [0.15, 0.2) is 4.80 Å². The van der Waals surface area contributed by atoms with E-state index in [9.17, 15) is 4.79 Å². The van der Waals surface area contributed by atoms with E-state index in [1.54, 1.807) is 12.1 Å². The second-order valence-electron chi connectivity index (χ2n) is 5.02. The zero-order valence-electron chi connectivity index (χ0n) is 13.0. The molecular weight excluding hydrogens is 367 g/mol. The Morgan fingerprint density at radius 2 is 2.08 bits per heavy atom. The Labute approximate surface area is 152 Å². The van der Waals surface area contributed by atoms with Gasteiger partial charge in [-0.2, -0.15) is 4.99 Å². The molecule has 1 aromatic heterocycles. The van der Waals surface area contributed by atoms with Crippen LogP contribution in [0.25, 0.3) is 10.2 Å². The van der Waals surface area contributed by atoms with E-state index >= 15 is 0 Å². The average Bonchev–Trinajstić information content (AvgIpc) is 2.87. The van der Waals surface area contributed by atoms with Gasteiger partial charge in [0.25, 0.3) is 5.91 Å². The van der Waals surface area contributed by atoms with Crippen LogP contribution in [-0.2, 0) is 7.05 Å². The number of nitrogens with zero attached hydrogens (tertiary/aromatic N) is 2. The van der Waals surface area contributed by atoms with Gasteiger partial charge in [0.2, 0.25) is 0 Å². The number of thiazole rings is 1. The van der Waals surface area contributed by atoms with E-state index in [2.05, 4.69) is 4.99 Å². The first kappa shape index (κ1) is 17.0. The fourth-order valence-electron chi connectivity index (χ4n) is 2.36. The van der Waals surface area contributed by atoms with Crippen molar-refractivity contribution in [3.63, 3.8) is 0 Å². The van der Waals surface area contributed by atoms with Crippen molar-refractivity contribution < 1.29 is 9.53 Å². The van der Waals surface area contributed by atoms with Crippen LogP contribution in [0.1, 0.15) is 17.3 Å². The maximum atomic E-state index is 12.5. The lowest BCUT2D eigenvalue weighted by molar-refractivity contribution is 0.0998. The van der Waals surface area contributed by atoms with Gasteiger partial charge in [-0.15, -0.1) is 0 Å². The first-order chi connectivity index (χ1) is 11.5. The van der Waals surface area contributed by atoms with Crippen LogP contribution in [-0.4, -0.2) is 17.1 Å². The molecule has 0 bridgehead atoms. The monoisotopic (exact) mass is 380 g/mol. The van der Waals surface area contributed by atoms with Crippen LogP contribution in [0.3, 0.4) is 0 Å². The molecule has 0 aliphatic rings. The molecule has 7 heteroatoms. The molecular formula is C17H14Cl2N2O2S. The average molecular weight is 381 g/mol.